The lowest BCUT2D eigenvalue weighted by Crippen LogP contribution is -2.45. The van der Waals surface area contributed by atoms with Crippen LogP contribution < -0.4 is 4.74 Å². The lowest BCUT2D eigenvalue weighted by Gasteiger charge is -2.35. The smallest absolute Gasteiger partial charge is 0.150 e. The third-order valence-electron chi connectivity index (χ3n) is 3.87. The van der Waals surface area contributed by atoms with Crippen molar-refractivity contribution >= 4 is 6.29 Å². The molecule has 0 amide bonds. The summed E-state index contributed by atoms with van der Waals surface area (Å²) in [6.45, 7) is 2.40. The molecule has 1 aromatic carbocycles. The summed E-state index contributed by atoms with van der Waals surface area (Å²) in [6, 6.07) is 5.37. The van der Waals surface area contributed by atoms with Crippen LogP contribution in [0.15, 0.2) is 18.2 Å². The molecule has 0 unspecified atom stereocenters. The van der Waals surface area contributed by atoms with Gasteiger partial charge >= 0.3 is 0 Å². The quantitative estimate of drug-likeness (QED) is 0.805. The summed E-state index contributed by atoms with van der Waals surface area (Å²) in [6.07, 6.45) is 2.14. The number of nitrogens with zero attached hydrogens (tertiary/aromatic N) is 1. The van der Waals surface area contributed by atoms with Gasteiger partial charge in [0.25, 0.3) is 0 Å². The van der Waals surface area contributed by atoms with E-state index >= 15 is 0 Å². The maximum Gasteiger partial charge on any atom is 0.150 e. The molecule has 1 aliphatic heterocycles. The second-order valence-electron chi connectivity index (χ2n) is 5.70. The van der Waals surface area contributed by atoms with Gasteiger partial charge in [-0.2, -0.15) is 0 Å². The fraction of sp³-hybridized carbons (Fsp3) is 0.562. The Morgan fingerprint density at radius 2 is 2.14 bits per heavy atom. The maximum absolute atomic E-state index is 10.9. The number of ether oxygens (including phenoxy) is 2. The summed E-state index contributed by atoms with van der Waals surface area (Å²) >= 11 is 0. The van der Waals surface area contributed by atoms with Gasteiger partial charge in [0, 0.05) is 50.3 Å². The van der Waals surface area contributed by atoms with E-state index in [1.807, 2.05) is 13.1 Å². The van der Waals surface area contributed by atoms with Gasteiger partial charge in [0.15, 0.2) is 0 Å². The molecular formula is C16H23NO4. The highest BCUT2D eigenvalue weighted by Gasteiger charge is 2.31. The zero-order valence-corrected chi connectivity index (χ0v) is 12.7. The first kappa shape index (κ1) is 15.9. The Morgan fingerprint density at radius 3 is 2.76 bits per heavy atom. The van der Waals surface area contributed by atoms with Crippen LogP contribution in [-0.2, 0) is 11.3 Å². The van der Waals surface area contributed by atoms with Crippen LogP contribution in [0.1, 0.15) is 28.8 Å². The number of likely N-dealkylation sites (N-methyl/N-ethyl adjacent to an activating group) is 1. The zero-order valence-electron chi connectivity index (χ0n) is 12.7. The molecule has 1 N–H and O–H groups in total. The summed E-state index contributed by atoms with van der Waals surface area (Å²) in [5.74, 6) is 0.756. The first-order valence-corrected chi connectivity index (χ1v) is 7.17. The van der Waals surface area contributed by atoms with Crippen LogP contribution in [0.5, 0.6) is 5.75 Å². The average molecular weight is 293 g/mol. The fourth-order valence-electron chi connectivity index (χ4n) is 2.75. The summed E-state index contributed by atoms with van der Waals surface area (Å²) in [4.78, 5) is 13.0. The van der Waals surface area contributed by atoms with Crippen LogP contribution >= 0.6 is 0 Å². The molecule has 0 spiro atoms. The molecule has 1 heterocycles. The lowest BCUT2D eigenvalue weighted by atomic mass is 9.94. The molecular weight excluding hydrogens is 270 g/mol. The molecule has 0 radical (unpaired) electrons. The van der Waals surface area contributed by atoms with Crippen molar-refractivity contribution in [1.82, 2.24) is 4.90 Å². The van der Waals surface area contributed by atoms with Gasteiger partial charge in [-0.05, 0) is 25.2 Å². The van der Waals surface area contributed by atoms with E-state index in [-0.39, 0.29) is 0 Å². The largest absolute Gasteiger partial charge is 0.496 e. The van der Waals surface area contributed by atoms with Crippen molar-refractivity contribution in [1.29, 1.82) is 0 Å². The number of aliphatic hydroxyl groups is 1. The van der Waals surface area contributed by atoms with Gasteiger partial charge in [-0.1, -0.05) is 0 Å². The standard InChI is InChI=1S/C16H23NO4/c1-17(12-16(19)5-7-21-8-6-16)10-14-9-13(11-18)3-4-15(14)20-2/h3-4,9,11,19H,5-8,10,12H2,1-2H3. The lowest BCUT2D eigenvalue weighted by molar-refractivity contribution is -0.0777. The highest BCUT2D eigenvalue weighted by molar-refractivity contribution is 5.75. The molecule has 21 heavy (non-hydrogen) atoms. The van der Waals surface area contributed by atoms with E-state index in [2.05, 4.69) is 4.90 Å². The molecule has 1 aliphatic rings. The van der Waals surface area contributed by atoms with E-state index in [1.165, 1.54) is 0 Å². The molecule has 1 fully saturated rings. The fourth-order valence-corrected chi connectivity index (χ4v) is 2.75. The Balaban J connectivity index is 2.04. The van der Waals surface area contributed by atoms with Crippen LogP contribution in [-0.4, -0.2) is 55.8 Å². The molecule has 5 nitrogen and oxygen atoms in total. The van der Waals surface area contributed by atoms with Gasteiger partial charge in [-0.25, -0.2) is 0 Å². The number of hydrogen-bond acceptors (Lipinski definition) is 5. The second-order valence-corrected chi connectivity index (χ2v) is 5.70. The van der Waals surface area contributed by atoms with Gasteiger partial charge in [0.05, 0.1) is 12.7 Å². The summed E-state index contributed by atoms with van der Waals surface area (Å²) in [7, 11) is 3.58. The van der Waals surface area contributed by atoms with Crippen LogP contribution in [0.25, 0.3) is 0 Å². The molecule has 0 bridgehead atoms. The molecule has 1 aromatic rings. The Morgan fingerprint density at radius 1 is 1.43 bits per heavy atom. The predicted molar refractivity (Wildman–Crippen MR) is 79.7 cm³/mol. The summed E-state index contributed by atoms with van der Waals surface area (Å²) in [5, 5.41) is 10.5. The molecule has 0 saturated carbocycles. The van der Waals surface area contributed by atoms with Crippen molar-refractivity contribution in [3.05, 3.63) is 29.3 Å². The van der Waals surface area contributed by atoms with Crippen LogP contribution in [0, 0.1) is 0 Å². The molecule has 5 heteroatoms. The highest BCUT2D eigenvalue weighted by atomic mass is 16.5. The number of carbonyl (C=O) groups is 1. The van der Waals surface area contributed by atoms with Crippen molar-refractivity contribution in [2.24, 2.45) is 0 Å². The molecule has 0 atom stereocenters. The van der Waals surface area contributed by atoms with E-state index in [1.54, 1.807) is 19.2 Å². The molecule has 0 aromatic heterocycles. The minimum atomic E-state index is -0.692. The Bertz CT molecular complexity index is 483. The second kappa shape index (κ2) is 7.02. The number of methoxy groups -OCH3 is 1. The molecule has 2 rings (SSSR count). The summed E-state index contributed by atoms with van der Waals surface area (Å²) < 4.78 is 10.6. The van der Waals surface area contributed by atoms with Crippen molar-refractivity contribution in [3.8, 4) is 5.75 Å². The van der Waals surface area contributed by atoms with Crippen LogP contribution in [0.4, 0.5) is 0 Å². The van der Waals surface area contributed by atoms with Gasteiger partial charge in [0.1, 0.15) is 12.0 Å². The summed E-state index contributed by atoms with van der Waals surface area (Å²) in [5.41, 5.74) is 0.881. The number of benzene rings is 1. The Kier molecular flexibility index (Phi) is 5.33. The normalized spacial score (nSPS) is 17.7. The van der Waals surface area contributed by atoms with Gasteiger partial charge in [-0.15, -0.1) is 0 Å². The third-order valence-corrected chi connectivity index (χ3v) is 3.87. The Labute approximate surface area is 125 Å². The van der Waals surface area contributed by atoms with Crippen molar-refractivity contribution in [2.45, 2.75) is 25.0 Å². The number of rotatable bonds is 6. The van der Waals surface area contributed by atoms with Crippen LogP contribution in [0.2, 0.25) is 0 Å². The van der Waals surface area contributed by atoms with Gasteiger partial charge in [0.2, 0.25) is 0 Å². The van der Waals surface area contributed by atoms with Gasteiger partial charge < -0.3 is 14.6 Å². The monoisotopic (exact) mass is 293 g/mol. The third kappa shape index (κ3) is 4.27. The molecule has 1 saturated heterocycles. The van der Waals surface area contributed by atoms with Gasteiger partial charge in [-0.3, -0.25) is 9.69 Å². The Hall–Kier alpha value is -1.43. The van der Waals surface area contributed by atoms with E-state index in [4.69, 9.17) is 9.47 Å². The number of hydrogen-bond donors (Lipinski definition) is 1. The van der Waals surface area contributed by atoms with E-state index < -0.39 is 5.60 Å². The van der Waals surface area contributed by atoms with Crippen molar-refractivity contribution in [3.63, 3.8) is 0 Å². The topological polar surface area (TPSA) is 59.0 Å². The highest BCUT2D eigenvalue weighted by Crippen LogP contribution is 2.24. The first-order valence-electron chi connectivity index (χ1n) is 7.17. The average Bonchev–Trinajstić information content (AvgIpc) is 2.47. The number of aldehydes is 1. The predicted octanol–water partition coefficient (Wildman–Crippen LogP) is 1.48. The van der Waals surface area contributed by atoms with E-state index in [9.17, 15) is 9.90 Å². The zero-order chi connectivity index (χ0) is 15.3. The van der Waals surface area contributed by atoms with E-state index in [0.29, 0.717) is 44.7 Å². The molecule has 116 valence electrons. The SMILES string of the molecule is COc1ccc(C=O)cc1CN(C)CC1(O)CCOCC1. The van der Waals surface area contributed by atoms with Crippen molar-refractivity contribution in [2.75, 3.05) is 33.9 Å². The first-order chi connectivity index (χ1) is 10.1. The number of carbonyl (C=O) groups excluding carboxylic acids is 1. The van der Waals surface area contributed by atoms with E-state index in [0.717, 1.165) is 17.6 Å². The maximum atomic E-state index is 10.9. The van der Waals surface area contributed by atoms with Crippen LogP contribution in [0.3, 0.4) is 0 Å². The molecule has 0 aliphatic carbocycles. The van der Waals surface area contributed by atoms with Crippen molar-refractivity contribution < 1.29 is 19.4 Å². The minimum Gasteiger partial charge on any atom is -0.496 e. The minimum absolute atomic E-state index is 0.574.